The van der Waals surface area contributed by atoms with E-state index in [1.54, 1.807) is 19.5 Å². The smallest absolute Gasteiger partial charge is 0.153 e. The van der Waals surface area contributed by atoms with E-state index in [9.17, 15) is 4.79 Å². The first-order valence-corrected chi connectivity index (χ1v) is 10.5. The van der Waals surface area contributed by atoms with Crippen LogP contribution in [0, 0.1) is 12.8 Å². The lowest BCUT2D eigenvalue weighted by atomic mass is 9.98. The molecule has 0 spiro atoms. The first-order chi connectivity index (χ1) is 14.8. The molecule has 2 N–H and O–H groups in total. The third kappa shape index (κ3) is 6.64. The van der Waals surface area contributed by atoms with E-state index >= 15 is 0 Å². The van der Waals surface area contributed by atoms with Crippen molar-refractivity contribution in [3.05, 3.63) is 63.6 Å². The van der Waals surface area contributed by atoms with Crippen LogP contribution in [0.5, 0.6) is 5.75 Å². The van der Waals surface area contributed by atoms with Crippen LogP contribution in [0.25, 0.3) is 5.57 Å². The SMILES string of the molecule is CN=C/C(=C\N)c1ccc(Cc2cc(C=O)c(OCC(C)CN(C)C)c(Cl)c2C)cn1. The fourth-order valence-electron chi connectivity index (χ4n) is 3.37. The Kier molecular flexibility index (Phi) is 9.21. The minimum absolute atomic E-state index is 0.306. The summed E-state index contributed by atoms with van der Waals surface area (Å²) in [6.07, 6.45) is 6.34. The fourth-order valence-corrected chi connectivity index (χ4v) is 3.66. The molecule has 0 aliphatic rings. The van der Waals surface area contributed by atoms with Crippen LogP contribution < -0.4 is 10.5 Å². The number of halogens is 1. The molecule has 1 heterocycles. The van der Waals surface area contributed by atoms with Gasteiger partial charge in [-0.25, -0.2) is 0 Å². The molecule has 1 aromatic carbocycles. The summed E-state index contributed by atoms with van der Waals surface area (Å²) in [4.78, 5) is 22.3. The van der Waals surface area contributed by atoms with Crippen molar-refractivity contribution in [3.8, 4) is 5.75 Å². The number of benzene rings is 1. The highest BCUT2D eigenvalue weighted by Crippen LogP contribution is 2.35. The first-order valence-electron chi connectivity index (χ1n) is 10.1. The van der Waals surface area contributed by atoms with Gasteiger partial charge in [0.25, 0.3) is 0 Å². The van der Waals surface area contributed by atoms with E-state index in [2.05, 4.69) is 21.8 Å². The molecule has 0 aliphatic heterocycles. The van der Waals surface area contributed by atoms with Crippen LogP contribution in [0.15, 0.2) is 35.6 Å². The van der Waals surface area contributed by atoms with E-state index in [1.807, 2.05) is 39.2 Å². The van der Waals surface area contributed by atoms with Crippen molar-refractivity contribution in [1.29, 1.82) is 0 Å². The highest BCUT2D eigenvalue weighted by atomic mass is 35.5. The quantitative estimate of drug-likeness (QED) is 0.444. The van der Waals surface area contributed by atoms with Crippen LogP contribution in [0.3, 0.4) is 0 Å². The summed E-state index contributed by atoms with van der Waals surface area (Å²) >= 11 is 6.61. The normalized spacial score (nSPS) is 13.1. The number of allylic oxidation sites excluding steroid dienone is 1. The predicted octanol–water partition coefficient (Wildman–Crippen LogP) is 4.02. The summed E-state index contributed by atoms with van der Waals surface area (Å²) in [6.45, 7) is 5.42. The van der Waals surface area contributed by atoms with Gasteiger partial charge in [0.15, 0.2) is 6.29 Å². The number of carbonyl (C=O) groups excluding carboxylic acids is 1. The van der Waals surface area contributed by atoms with Crippen LogP contribution in [0.2, 0.25) is 5.02 Å². The summed E-state index contributed by atoms with van der Waals surface area (Å²) in [6, 6.07) is 5.73. The Morgan fingerprint density at radius 3 is 2.68 bits per heavy atom. The molecule has 0 saturated carbocycles. The van der Waals surface area contributed by atoms with Crippen molar-refractivity contribution in [2.45, 2.75) is 20.3 Å². The Balaban J connectivity index is 2.24. The molecular weight excluding hydrogens is 412 g/mol. The van der Waals surface area contributed by atoms with Crippen molar-refractivity contribution in [2.75, 3.05) is 34.3 Å². The zero-order valence-electron chi connectivity index (χ0n) is 18.9. The molecule has 0 saturated heterocycles. The maximum atomic E-state index is 11.7. The Morgan fingerprint density at radius 2 is 2.13 bits per heavy atom. The van der Waals surface area contributed by atoms with Crippen LogP contribution in [-0.2, 0) is 6.42 Å². The number of nitrogens with zero attached hydrogens (tertiary/aromatic N) is 3. The van der Waals surface area contributed by atoms with Gasteiger partial charge in [0, 0.05) is 43.7 Å². The molecule has 31 heavy (non-hydrogen) atoms. The largest absolute Gasteiger partial charge is 0.491 e. The van der Waals surface area contributed by atoms with Crippen molar-refractivity contribution in [1.82, 2.24) is 9.88 Å². The number of rotatable bonds is 10. The second kappa shape index (κ2) is 11.6. The van der Waals surface area contributed by atoms with Gasteiger partial charge in [-0.1, -0.05) is 24.6 Å². The highest BCUT2D eigenvalue weighted by Gasteiger charge is 2.17. The van der Waals surface area contributed by atoms with E-state index in [1.165, 1.54) is 6.20 Å². The van der Waals surface area contributed by atoms with Gasteiger partial charge in [0.2, 0.25) is 0 Å². The standard InChI is InChI=1S/C24H31ClN4O2/c1-16(13-29(4)5)15-31-24-20(14-30)9-19(17(2)23(24)25)8-18-6-7-22(28-11-18)21(10-26)12-27-3/h6-7,9-12,14,16H,8,13,15,26H2,1-5H3/b21-10+,27-12?. The van der Waals surface area contributed by atoms with Crippen LogP contribution in [-0.4, -0.2) is 56.7 Å². The number of hydrogen-bond donors (Lipinski definition) is 1. The second-order valence-corrected chi connectivity index (χ2v) is 8.31. The van der Waals surface area contributed by atoms with Gasteiger partial charge in [-0.2, -0.15) is 0 Å². The third-order valence-corrected chi connectivity index (χ3v) is 5.34. The van der Waals surface area contributed by atoms with E-state index < -0.39 is 0 Å². The molecule has 0 amide bonds. The van der Waals surface area contributed by atoms with Crippen LogP contribution in [0.1, 0.15) is 39.7 Å². The maximum Gasteiger partial charge on any atom is 0.153 e. The maximum absolute atomic E-state index is 11.7. The molecule has 0 fully saturated rings. The molecule has 2 aromatic rings. The highest BCUT2D eigenvalue weighted by molar-refractivity contribution is 6.33. The Bertz CT molecular complexity index is 953. The number of ether oxygens (including phenoxy) is 1. The number of aliphatic imine (C=N–C) groups is 1. The molecule has 0 bridgehead atoms. The van der Waals surface area contributed by atoms with Gasteiger partial charge in [-0.05, 0) is 56.3 Å². The Morgan fingerprint density at radius 1 is 1.39 bits per heavy atom. The molecule has 2 rings (SSSR count). The number of hydrogen-bond acceptors (Lipinski definition) is 6. The molecule has 7 heteroatoms. The molecule has 1 unspecified atom stereocenters. The molecule has 6 nitrogen and oxygen atoms in total. The summed E-state index contributed by atoms with van der Waals surface area (Å²) < 4.78 is 5.95. The van der Waals surface area contributed by atoms with Gasteiger partial charge in [0.1, 0.15) is 5.75 Å². The molecule has 0 aliphatic carbocycles. The topological polar surface area (TPSA) is 80.8 Å². The first kappa shape index (κ1) is 24.6. The Labute approximate surface area is 189 Å². The van der Waals surface area contributed by atoms with Gasteiger partial charge >= 0.3 is 0 Å². The zero-order valence-corrected chi connectivity index (χ0v) is 19.6. The van der Waals surface area contributed by atoms with E-state index in [0.717, 1.165) is 40.8 Å². The lowest BCUT2D eigenvalue weighted by molar-refractivity contribution is 0.111. The summed E-state index contributed by atoms with van der Waals surface area (Å²) in [5.74, 6) is 0.758. The fraction of sp³-hybridized carbons (Fsp3) is 0.375. The van der Waals surface area contributed by atoms with E-state index in [-0.39, 0.29) is 0 Å². The number of aromatic nitrogens is 1. The summed E-state index contributed by atoms with van der Waals surface area (Å²) in [5, 5.41) is 0.480. The minimum Gasteiger partial charge on any atom is -0.491 e. The molecular formula is C24H31ClN4O2. The second-order valence-electron chi connectivity index (χ2n) is 7.93. The summed E-state index contributed by atoms with van der Waals surface area (Å²) in [5.41, 5.74) is 10.5. The van der Waals surface area contributed by atoms with Gasteiger partial charge in [-0.3, -0.25) is 14.8 Å². The minimum atomic E-state index is 0.306. The van der Waals surface area contributed by atoms with E-state index in [4.69, 9.17) is 22.1 Å². The van der Waals surface area contributed by atoms with Gasteiger partial charge in [0.05, 0.1) is 22.9 Å². The average Bonchev–Trinajstić information content (AvgIpc) is 2.74. The Hall–Kier alpha value is -2.70. The third-order valence-electron chi connectivity index (χ3n) is 4.88. The lowest BCUT2D eigenvalue weighted by Gasteiger charge is -2.20. The molecule has 1 atom stereocenters. The zero-order chi connectivity index (χ0) is 23.0. The van der Waals surface area contributed by atoms with Gasteiger partial charge in [-0.15, -0.1) is 0 Å². The lowest BCUT2D eigenvalue weighted by Crippen LogP contribution is -2.24. The monoisotopic (exact) mass is 442 g/mol. The van der Waals surface area contributed by atoms with Crippen molar-refractivity contribution < 1.29 is 9.53 Å². The average molecular weight is 443 g/mol. The predicted molar refractivity (Wildman–Crippen MR) is 128 cm³/mol. The van der Waals surface area contributed by atoms with Crippen LogP contribution >= 0.6 is 11.6 Å². The molecule has 166 valence electrons. The molecule has 1 aromatic heterocycles. The van der Waals surface area contributed by atoms with E-state index in [0.29, 0.717) is 35.3 Å². The number of aldehydes is 1. The van der Waals surface area contributed by atoms with Gasteiger partial charge < -0.3 is 15.4 Å². The number of pyridine rings is 1. The van der Waals surface area contributed by atoms with Crippen LogP contribution in [0.4, 0.5) is 0 Å². The van der Waals surface area contributed by atoms with Crippen molar-refractivity contribution in [2.24, 2.45) is 16.6 Å². The van der Waals surface area contributed by atoms with Crippen molar-refractivity contribution in [3.63, 3.8) is 0 Å². The number of nitrogens with two attached hydrogens (primary N) is 1. The summed E-state index contributed by atoms with van der Waals surface area (Å²) in [7, 11) is 5.72. The van der Waals surface area contributed by atoms with Crippen molar-refractivity contribution >= 4 is 29.7 Å². The number of carbonyl (C=O) groups is 1. The molecule has 0 radical (unpaired) electrons.